The lowest BCUT2D eigenvalue weighted by molar-refractivity contribution is -0.229. The minimum atomic E-state index is -1.14. The van der Waals surface area contributed by atoms with E-state index in [4.69, 9.17) is 19.7 Å². The summed E-state index contributed by atoms with van der Waals surface area (Å²) in [4.78, 5) is 0. The number of aliphatic hydroxyl groups is 2. The Morgan fingerprint density at radius 2 is 2.10 bits per heavy atom. The minimum Gasteiger partial charge on any atom is -0.391 e. The van der Waals surface area contributed by atoms with Crippen LogP contribution in [0.4, 0.5) is 0 Å². The zero-order chi connectivity index (χ0) is 7.98. The van der Waals surface area contributed by atoms with Crippen molar-refractivity contribution in [1.29, 1.82) is 0 Å². The van der Waals surface area contributed by atoms with Crippen molar-refractivity contribution in [2.24, 2.45) is 0 Å². The Hall–Kier alpha value is -0.160. The summed E-state index contributed by atoms with van der Waals surface area (Å²) in [6.07, 6.45) is -1.60. The number of hydrogen-bond donors (Lipinski definition) is 2. The molecule has 0 saturated heterocycles. The molecule has 0 aromatic carbocycles. The average molecular weight is 150 g/mol. The van der Waals surface area contributed by atoms with Crippen LogP contribution in [0.15, 0.2) is 0 Å². The van der Waals surface area contributed by atoms with E-state index in [-0.39, 0.29) is 0 Å². The van der Waals surface area contributed by atoms with E-state index in [1.165, 1.54) is 0 Å². The van der Waals surface area contributed by atoms with Crippen molar-refractivity contribution in [3.05, 3.63) is 0 Å². The van der Waals surface area contributed by atoms with Crippen molar-refractivity contribution in [3.63, 3.8) is 0 Å². The zero-order valence-electron chi connectivity index (χ0n) is 6.28. The monoisotopic (exact) mass is 150 g/mol. The molecule has 10 heavy (non-hydrogen) atoms. The van der Waals surface area contributed by atoms with Crippen LogP contribution in [0.1, 0.15) is 13.8 Å². The molecule has 0 aliphatic heterocycles. The fourth-order valence-corrected chi connectivity index (χ4v) is 0.538. The van der Waals surface area contributed by atoms with E-state index in [1.54, 1.807) is 6.92 Å². The number of hydrogen-bond acceptors (Lipinski definition) is 4. The molecule has 0 spiro atoms. The van der Waals surface area contributed by atoms with Gasteiger partial charge in [-0.2, -0.15) is 0 Å². The standard InChI is InChI=1S/C6H14O4/c1-3-9-5(2)10-6(8)4-7/h5-8H,3-4H2,1-2H3. The molecule has 0 aromatic heterocycles. The summed E-state index contributed by atoms with van der Waals surface area (Å²) in [5.41, 5.74) is 0. The van der Waals surface area contributed by atoms with Gasteiger partial charge < -0.3 is 19.7 Å². The molecule has 0 amide bonds. The van der Waals surface area contributed by atoms with E-state index in [0.29, 0.717) is 6.61 Å². The van der Waals surface area contributed by atoms with Crippen LogP contribution in [0.5, 0.6) is 0 Å². The molecular formula is C6H14O4. The molecule has 2 unspecified atom stereocenters. The Bertz CT molecular complexity index is 76.1. The molecule has 4 heteroatoms. The van der Waals surface area contributed by atoms with Crippen molar-refractivity contribution in [1.82, 2.24) is 0 Å². The highest BCUT2D eigenvalue weighted by molar-refractivity contribution is 4.36. The van der Waals surface area contributed by atoms with Gasteiger partial charge in [0.25, 0.3) is 0 Å². The summed E-state index contributed by atoms with van der Waals surface area (Å²) in [6, 6.07) is 0. The lowest BCUT2D eigenvalue weighted by Crippen LogP contribution is -2.24. The average Bonchev–Trinajstić information content (AvgIpc) is 1.88. The molecule has 0 rings (SSSR count). The van der Waals surface area contributed by atoms with Gasteiger partial charge in [-0.05, 0) is 13.8 Å². The van der Waals surface area contributed by atoms with Gasteiger partial charge >= 0.3 is 0 Å². The molecule has 0 saturated carbocycles. The summed E-state index contributed by atoms with van der Waals surface area (Å²) >= 11 is 0. The molecular weight excluding hydrogens is 136 g/mol. The second-order valence-electron chi connectivity index (χ2n) is 1.80. The Morgan fingerprint density at radius 3 is 2.50 bits per heavy atom. The van der Waals surface area contributed by atoms with Crippen LogP contribution in [-0.4, -0.2) is 36.0 Å². The van der Waals surface area contributed by atoms with Gasteiger partial charge in [-0.15, -0.1) is 0 Å². The molecule has 0 bridgehead atoms. The first-order valence-electron chi connectivity index (χ1n) is 3.26. The van der Waals surface area contributed by atoms with Crippen LogP contribution >= 0.6 is 0 Å². The van der Waals surface area contributed by atoms with Crippen molar-refractivity contribution < 1.29 is 19.7 Å². The van der Waals surface area contributed by atoms with Crippen LogP contribution in [0.2, 0.25) is 0 Å². The first kappa shape index (κ1) is 9.84. The third-order valence-corrected chi connectivity index (χ3v) is 0.906. The highest BCUT2D eigenvalue weighted by Crippen LogP contribution is 1.96. The topological polar surface area (TPSA) is 58.9 Å². The van der Waals surface area contributed by atoms with Crippen molar-refractivity contribution in [3.8, 4) is 0 Å². The molecule has 0 radical (unpaired) electrons. The number of rotatable bonds is 5. The Morgan fingerprint density at radius 1 is 1.50 bits per heavy atom. The molecule has 0 fully saturated rings. The van der Waals surface area contributed by atoms with Gasteiger partial charge in [0.2, 0.25) is 0 Å². The van der Waals surface area contributed by atoms with Gasteiger partial charge in [-0.3, -0.25) is 0 Å². The summed E-state index contributed by atoms with van der Waals surface area (Å²) < 4.78 is 9.64. The maximum atomic E-state index is 8.70. The molecule has 0 aliphatic carbocycles. The minimum absolute atomic E-state index is 0.405. The van der Waals surface area contributed by atoms with E-state index >= 15 is 0 Å². The largest absolute Gasteiger partial charge is 0.391 e. The highest BCUT2D eigenvalue weighted by Gasteiger charge is 2.07. The van der Waals surface area contributed by atoms with Gasteiger partial charge in [0, 0.05) is 6.61 Å². The second kappa shape index (κ2) is 5.61. The Balaban J connectivity index is 3.27. The summed E-state index contributed by atoms with van der Waals surface area (Å²) in [5, 5.41) is 17.0. The van der Waals surface area contributed by atoms with Crippen molar-refractivity contribution in [2.45, 2.75) is 26.4 Å². The van der Waals surface area contributed by atoms with E-state index in [1.807, 2.05) is 6.92 Å². The third kappa shape index (κ3) is 4.69. The quantitative estimate of drug-likeness (QED) is 0.528. The first-order chi connectivity index (χ1) is 4.70. The van der Waals surface area contributed by atoms with Crippen LogP contribution in [0, 0.1) is 0 Å². The molecule has 4 nitrogen and oxygen atoms in total. The van der Waals surface area contributed by atoms with Crippen LogP contribution in [0.3, 0.4) is 0 Å². The van der Waals surface area contributed by atoms with Crippen LogP contribution < -0.4 is 0 Å². The van der Waals surface area contributed by atoms with E-state index in [9.17, 15) is 0 Å². The summed E-state index contributed by atoms with van der Waals surface area (Å²) in [6.45, 7) is 3.60. The lowest BCUT2D eigenvalue weighted by Gasteiger charge is -2.15. The van der Waals surface area contributed by atoms with Gasteiger partial charge in [0.1, 0.15) is 0 Å². The summed E-state index contributed by atoms with van der Waals surface area (Å²) in [5.74, 6) is 0. The fourth-order valence-electron chi connectivity index (χ4n) is 0.538. The number of ether oxygens (including phenoxy) is 2. The maximum absolute atomic E-state index is 8.70. The molecule has 0 aromatic rings. The van der Waals surface area contributed by atoms with Crippen LogP contribution in [-0.2, 0) is 9.47 Å². The predicted molar refractivity (Wildman–Crippen MR) is 35.3 cm³/mol. The Kier molecular flexibility index (Phi) is 5.52. The highest BCUT2D eigenvalue weighted by atomic mass is 16.7. The van der Waals surface area contributed by atoms with Gasteiger partial charge in [-0.25, -0.2) is 0 Å². The number of aliphatic hydroxyl groups excluding tert-OH is 2. The molecule has 62 valence electrons. The molecule has 0 heterocycles. The van der Waals surface area contributed by atoms with E-state index in [2.05, 4.69) is 0 Å². The van der Waals surface area contributed by atoms with Crippen molar-refractivity contribution in [2.75, 3.05) is 13.2 Å². The van der Waals surface area contributed by atoms with Crippen LogP contribution in [0.25, 0.3) is 0 Å². The second-order valence-corrected chi connectivity index (χ2v) is 1.80. The first-order valence-corrected chi connectivity index (χ1v) is 3.26. The fraction of sp³-hybridized carbons (Fsp3) is 1.00. The van der Waals surface area contributed by atoms with Gasteiger partial charge in [-0.1, -0.05) is 0 Å². The molecule has 0 aliphatic rings. The predicted octanol–water partition coefficient (Wildman–Crippen LogP) is -0.304. The normalized spacial score (nSPS) is 16.8. The third-order valence-electron chi connectivity index (χ3n) is 0.906. The van der Waals surface area contributed by atoms with E-state index in [0.717, 1.165) is 0 Å². The maximum Gasteiger partial charge on any atom is 0.180 e. The summed E-state index contributed by atoms with van der Waals surface area (Å²) in [7, 11) is 0. The molecule has 2 atom stereocenters. The van der Waals surface area contributed by atoms with E-state index < -0.39 is 19.2 Å². The lowest BCUT2D eigenvalue weighted by atomic mass is 10.6. The molecule has 2 N–H and O–H groups in total. The van der Waals surface area contributed by atoms with Crippen molar-refractivity contribution >= 4 is 0 Å². The SMILES string of the molecule is CCOC(C)OC(O)CO. The zero-order valence-corrected chi connectivity index (χ0v) is 6.28. The smallest absolute Gasteiger partial charge is 0.180 e. The van der Waals surface area contributed by atoms with Gasteiger partial charge in [0.05, 0.1) is 6.61 Å². The van der Waals surface area contributed by atoms with Gasteiger partial charge in [0.15, 0.2) is 12.6 Å². The Labute approximate surface area is 60.4 Å².